The zero-order valence-corrected chi connectivity index (χ0v) is 12.0. The standard InChI is InChI=1S/C15H30N2/c1-4-15(2,17-11-7-8-12-17)14(16-3)13-9-5-6-10-13/h13-14,16H,4-12H2,1-3H3. The zero-order chi connectivity index (χ0) is 12.3. The number of likely N-dealkylation sites (N-methyl/N-ethyl adjacent to an activating group) is 1. The molecule has 1 aliphatic carbocycles. The van der Waals surface area contributed by atoms with E-state index < -0.39 is 0 Å². The first kappa shape index (κ1) is 13.4. The van der Waals surface area contributed by atoms with Crippen molar-refractivity contribution in [2.45, 2.75) is 70.4 Å². The van der Waals surface area contributed by atoms with E-state index in [1.807, 2.05) is 0 Å². The van der Waals surface area contributed by atoms with Crippen molar-refractivity contribution in [3.8, 4) is 0 Å². The predicted molar refractivity (Wildman–Crippen MR) is 74.3 cm³/mol. The van der Waals surface area contributed by atoms with Gasteiger partial charge < -0.3 is 5.32 Å². The van der Waals surface area contributed by atoms with Crippen LogP contribution in [0.2, 0.25) is 0 Å². The van der Waals surface area contributed by atoms with E-state index in [9.17, 15) is 0 Å². The normalized spacial score (nSPS) is 28.4. The van der Waals surface area contributed by atoms with Gasteiger partial charge in [-0.1, -0.05) is 19.8 Å². The molecule has 1 heterocycles. The molecule has 0 aromatic carbocycles. The topological polar surface area (TPSA) is 15.3 Å². The fourth-order valence-electron chi connectivity index (χ4n) is 4.21. The van der Waals surface area contributed by atoms with Crippen LogP contribution in [0.1, 0.15) is 58.8 Å². The first-order chi connectivity index (χ1) is 8.22. The van der Waals surface area contributed by atoms with Crippen LogP contribution in [-0.4, -0.2) is 36.6 Å². The van der Waals surface area contributed by atoms with Gasteiger partial charge in [0.15, 0.2) is 0 Å². The molecule has 2 aliphatic rings. The second kappa shape index (κ2) is 5.71. The van der Waals surface area contributed by atoms with Crippen molar-refractivity contribution in [1.29, 1.82) is 0 Å². The first-order valence-electron chi connectivity index (χ1n) is 7.64. The maximum Gasteiger partial charge on any atom is 0.0334 e. The van der Waals surface area contributed by atoms with Gasteiger partial charge in [0.1, 0.15) is 0 Å². The molecule has 2 atom stereocenters. The Morgan fingerprint density at radius 1 is 1.18 bits per heavy atom. The van der Waals surface area contributed by atoms with Gasteiger partial charge in [0, 0.05) is 11.6 Å². The molecule has 0 amide bonds. The number of likely N-dealkylation sites (tertiary alicyclic amines) is 1. The van der Waals surface area contributed by atoms with Crippen molar-refractivity contribution in [1.82, 2.24) is 10.2 Å². The van der Waals surface area contributed by atoms with E-state index in [1.165, 1.54) is 58.0 Å². The van der Waals surface area contributed by atoms with E-state index in [1.54, 1.807) is 0 Å². The molecule has 0 aromatic heterocycles. The van der Waals surface area contributed by atoms with Crippen molar-refractivity contribution < 1.29 is 0 Å². The highest BCUT2D eigenvalue weighted by atomic mass is 15.2. The Balaban J connectivity index is 2.11. The van der Waals surface area contributed by atoms with E-state index in [0.717, 1.165) is 5.92 Å². The smallest absolute Gasteiger partial charge is 0.0334 e. The van der Waals surface area contributed by atoms with Crippen LogP contribution in [0.5, 0.6) is 0 Å². The van der Waals surface area contributed by atoms with Crippen LogP contribution in [0.3, 0.4) is 0 Å². The summed E-state index contributed by atoms with van der Waals surface area (Å²) in [6.07, 6.45) is 9.84. The molecule has 100 valence electrons. The first-order valence-corrected chi connectivity index (χ1v) is 7.64. The lowest BCUT2D eigenvalue weighted by Gasteiger charge is -2.47. The highest BCUT2D eigenvalue weighted by molar-refractivity contribution is 5.01. The average molecular weight is 238 g/mol. The van der Waals surface area contributed by atoms with E-state index >= 15 is 0 Å². The summed E-state index contributed by atoms with van der Waals surface area (Å²) < 4.78 is 0. The van der Waals surface area contributed by atoms with Crippen molar-refractivity contribution in [2.75, 3.05) is 20.1 Å². The lowest BCUT2D eigenvalue weighted by atomic mass is 9.79. The second-order valence-electron chi connectivity index (χ2n) is 6.22. The Morgan fingerprint density at radius 3 is 2.24 bits per heavy atom. The maximum absolute atomic E-state index is 3.67. The molecular formula is C15H30N2. The summed E-state index contributed by atoms with van der Waals surface area (Å²) in [5, 5.41) is 3.67. The number of rotatable bonds is 5. The summed E-state index contributed by atoms with van der Waals surface area (Å²) in [7, 11) is 2.17. The molecule has 2 heteroatoms. The van der Waals surface area contributed by atoms with Gasteiger partial charge in [-0.2, -0.15) is 0 Å². The molecule has 2 rings (SSSR count). The minimum Gasteiger partial charge on any atom is -0.315 e. The lowest BCUT2D eigenvalue weighted by molar-refractivity contribution is 0.0617. The number of hydrogen-bond acceptors (Lipinski definition) is 2. The molecular weight excluding hydrogens is 208 g/mol. The van der Waals surface area contributed by atoms with Crippen molar-refractivity contribution in [3.63, 3.8) is 0 Å². The van der Waals surface area contributed by atoms with Gasteiger partial charge in [-0.05, 0) is 65.1 Å². The zero-order valence-electron chi connectivity index (χ0n) is 12.0. The molecule has 2 fully saturated rings. The average Bonchev–Trinajstić information content (AvgIpc) is 3.02. The Labute approximate surface area is 107 Å². The molecule has 17 heavy (non-hydrogen) atoms. The van der Waals surface area contributed by atoms with Crippen LogP contribution in [0.4, 0.5) is 0 Å². The summed E-state index contributed by atoms with van der Waals surface area (Å²) in [6.45, 7) is 7.50. The second-order valence-corrected chi connectivity index (χ2v) is 6.22. The Kier molecular flexibility index (Phi) is 4.48. The van der Waals surface area contributed by atoms with Gasteiger partial charge >= 0.3 is 0 Å². The molecule has 1 saturated carbocycles. The predicted octanol–water partition coefficient (Wildman–Crippen LogP) is 3.03. The molecule has 1 N–H and O–H groups in total. The van der Waals surface area contributed by atoms with E-state index in [-0.39, 0.29) is 0 Å². The van der Waals surface area contributed by atoms with Gasteiger partial charge in [0.2, 0.25) is 0 Å². The van der Waals surface area contributed by atoms with Crippen LogP contribution >= 0.6 is 0 Å². The summed E-state index contributed by atoms with van der Waals surface area (Å²) >= 11 is 0. The third-order valence-corrected chi connectivity index (χ3v) is 5.40. The van der Waals surface area contributed by atoms with Crippen molar-refractivity contribution in [2.24, 2.45) is 5.92 Å². The summed E-state index contributed by atoms with van der Waals surface area (Å²) in [6, 6.07) is 0.688. The van der Waals surface area contributed by atoms with Crippen LogP contribution in [-0.2, 0) is 0 Å². The Morgan fingerprint density at radius 2 is 1.76 bits per heavy atom. The minimum atomic E-state index is 0.375. The molecule has 2 nitrogen and oxygen atoms in total. The maximum atomic E-state index is 3.67. The Hall–Kier alpha value is -0.0800. The van der Waals surface area contributed by atoms with E-state index in [0.29, 0.717) is 11.6 Å². The molecule has 0 bridgehead atoms. The summed E-state index contributed by atoms with van der Waals surface area (Å²) in [5.41, 5.74) is 0.375. The SMILES string of the molecule is CCC(C)(C(NC)C1CCCC1)N1CCCC1. The lowest BCUT2D eigenvalue weighted by Crippen LogP contribution is -2.60. The molecule has 0 aromatic rings. The van der Waals surface area contributed by atoms with Gasteiger partial charge in [0.25, 0.3) is 0 Å². The van der Waals surface area contributed by atoms with Crippen LogP contribution in [0.15, 0.2) is 0 Å². The summed E-state index contributed by atoms with van der Waals surface area (Å²) in [5.74, 6) is 0.908. The van der Waals surface area contributed by atoms with Gasteiger partial charge in [-0.3, -0.25) is 4.90 Å². The highest BCUT2D eigenvalue weighted by Crippen LogP contribution is 2.37. The minimum absolute atomic E-state index is 0.375. The molecule has 2 unspecified atom stereocenters. The molecule has 1 saturated heterocycles. The molecule has 0 spiro atoms. The van der Waals surface area contributed by atoms with Crippen molar-refractivity contribution in [3.05, 3.63) is 0 Å². The van der Waals surface area contributed by atoms with E-state index in [2.05, 4.69) is 31.1 Å². The fourth-order valence-corrected chi connectivity index (χ4v) is 4.21. The third-order valence-electron chi connectivity index (χ3n) is 5.40. The third kappa shape index (κ3) is 2.53. The van der Waals surface area contributed by atoms with Crippen LogP contribution < -0.4 is 5.32 Å². The highest BCUT2D eigenvalue weighted by Gasteiger charge is 2.42. The van der Waals surface area contributed by atoms with Gasteiger partial charge in [-0.25, -0.2) is 0 Å². The van der Waals surface area contributed by atoms with E-state index in [4.69, 9.17) is 0 Å². The quantitative estimate of drug-likeness (QED) is 0.792. The van der Waals surface area contributed by atoms with Crippen LogP contribution in [0, 0.1) is 5.92 Å². The van der Waals surface area contributed by atoms with Crippen molar-refractivity contribution >= 4 is 0 Å². The Bertz CT molecular complexity index is 229. The van der Waals surface area contributed by atoms with Gasteiger partial charge in [-0.15, -0.1) is 0 Å². The monoisotopic (exact) mass is 238 g/mol. The fraction of sp³-hybridized carbons (Fsp3) is 1.00. The van der Waals surface area contributed by atoms with Gasteiger partial charge in [0.05, 0.1) is 0 Å². The number of nitrogens with zero attached hydrogens (tertiary/aromatic N) is 1. The largest absolute Gasteiger partial charge is 0.315 e. The molecule has 1 aliphatic heterocycles. The number of nitrogens with one attached hydrogen (secondary N) is 1. The molecule has 0 radical (unpaired) electrons. The van der Waals surface area contributed by atoms with Crippen LogP contribution in [0.25, 0.3) is 0 Å². The number of hydrogen-bond donors (Lipinski definition) is 1. The summed E-state index contributed by atoms with van der Waals surface area (Å²) in [4.78, 5) is 2.76.